The number of amides is 1. The number of carbonyl (C=O) groups is 1. The van der Waals surface area contributed by atoms with Crippen molar-refractivity contribution >= 4 is 28.9 Å². The zero-order chi connectivity index (χ0) is 19.8. The van der Waals surface area contributed by atoms with Crippen molar-refractivity contribution in [1.29, 1.82) is 0 Å². The molecule has 0 aliphatic heterocycles. The van der Waals surface area contributed by atoms with Gasteiger partial charge in [0.2, 0.25) is 6.41 Å². The van der Waals surface area contributed by atoms with E-state index in [1.165, 1.54) is 24.4 Å². The molecule has 2 aromatic carbocycles. The van der Waals surface area contributed by atoms with Crippen molar-refractivity contribution in [2.75, 3.05) is 4.90 Å². The van der Waals surface area contributed by atoms with Crippen molar-refractivity contribution in [2.24, 2.45) is 0 Å². The molecule has 0 unspecified atom stereocenters. The van der Waals surface area contributed by atoms with Gasteiger partial charge in [0.15, 0.2) is 0 Å². The van der Waals surface area contributed by atoms with E-state index in [1.54, 1.807) is 18.2 Å². The number of para-hydroxylation sites is 1. The number of nitrogens with zero attached hydrogens (tertiary/aromatic N) is 2. The average molecular weight is 382 g/mol. The zero-order valence-electron chi connectivity index (χ0n) is 14.6. The van der Waals surface area contributed by atoms with E-state index in [-0.39, 0.29) is 5.82 Å². The maximum Gasteiger partial charge on any atom is 0.278 e. The number of hydrogen-bond acceptors (Lipinski definition) is 3. The fraction of sp³-hybridized carbons (Fsp3) is 0.0476. The number of carbonyl (C=O) groups excluding carboxylic acids is 1. The Bertz CT molecular complexity index is 1170. The van der Waals surface area contributed by atoms with Crippen LogP contribution < -0.4 is 4.90 Å². The second-order valence-corrected chi connectivity index (χ2v) is 6.21. The molecule has 0 N–H and O–H groups in total. The number of hydrogen-bond donors (Lipinski definition) is 0. The van der Waals surface area contributed by atoms with Crippen molar-refractivity contribution in [3.63, 3.8) is 0 Å². The van der Waals surface area contributed by atoms with Crippen LogP contribution in [0, 0.1) is 24.6 Å². The largest absolute Gasteiger partial charge is 0.431 e. The molecule has 4 aromatic rings. The molecule has 0 radical (unpaired) electrons. The number of furan rings is 1. The standard InChI is InChI=1S/C21H13F3N2O2/c1-12-7-18-14(9-19(24)28-18)8-15(12)13-5-6-20(25-10-13)26(11-27)21-16(22)3-2-4-17(21)23/h2-11H,1H3. The summed E-state index contributed by atoms with van der Waals surface area (Å²) in [4.78, 5) is 16.5. The van der Waals surface area contributed by atoms with E-state index in [0.29, 0.717) is 22.9 Å². The summed E-state index contributed by atoms with van der Waals surface area (Å²) in [6, 6.07) is 10.6. The Labute approximate surface area is 157 Å². The molecule has 1 amide bonds. The minimum atomic E-state index is -0.874. The highest BCUT2D eigenvalue weighted by Crippen LogP contribution is 2.32. The van der Waals surface area contributed by atoms with E-state index in [0.717, 1.165) is 28.2 Å². The molecule has 0 atom stereocenters. The number of aromatic nitrogens is 1. The van der Waals surface area contributed by atoms with Crippen LogP contribution in [0.3, 0.4) is 0 Å². The van der Waals surface area contributed by atoms with E-state index >= 15 is 0 Å². The average Bonchev–Trinajstić information content (AvgIpc) is 3.03. The summed E-state index contributed by atoms with van der Waals surface area (Å²) in [6.45, 7) is 1.84. The molecule has 0 saturated heterocycles. The lowest BCUT2D eigenvalue weighted by Crippen LogP contribution is -2.18. The summed E-state index contributed by atoms with van der Waals surface area (Å²) in [5.74, 6) is -1.68. The topological polar surface area (TPSA) is 46.3 Å². The van der Waals surface area contributed by atoms with Crippen LogP contribution in [0.1, 0.15) is 5.56 Å². The van der Waals surface area contributed by atoms with Gasteiger partial charge in [-0.3, -0.25) is 9.69 Å². The molecule has 7 heteroatoms. The number of fused-ring (bicyclic) bond motifs is 1. The third-order valence-electron chi connectivity index (χ3n) is 4.42. The first-order chi connectivity index (χ1) is 13.5. The van der Waals surface area contributed by atoms with E-state index < -0.39 is 23.3 Å². The molecule has 4 rings (SSSR count). The molecule has 0 spiro atoms. The third-order valence-corrected chi connectivity index (χ3v) is 4.42. The van der Waals surface area contributed by atoms with Gasteiger partial charge >= 0.3 is 0 Å². The van der Waals surface area contributed by atoms with E-state index in [9.17, 15) is 18.0 Å². The van der Waals surface area contributed by atoms with Crippen molar-refractivity contribution in [1.82, 2.24) is 4.98 Å². The predicted molar refractivity (Wildman–Crippen MR) is 98.7 cm³/mol. The van der Waals surface area contributed by atoms with Gasteiger partial charge in [0, 0.05) is 23.2 Å². The van der Waals surface area contributed by atoms with Crippen LogP contribution >= 0.6 is 0 Å². The van der Waals surface area contributed by atoms with Gasteiger partial charge in [-0.1, -0.05) is 6.07 Å². The predicted octanol–water partition coefficient (Wildman–Crippen LogP) is 5.52. The van der Waals surface area contributed by atoms with Crippen LogP contribution in [-0.4, -0.2) is 11.4 Å². The van der Waals surface area contributed by atoms with Gasteiger partial charge in [0.25, 0.3) is 6.01 Å². The third kappa shape index (κ3) is 3.00. The van der Waals surface area contributed by atoms with Crippen LogP contribution in [0.15, 0.2) is 59.1 Å². The molecule has 0 aliphatic carbocycles. The zero-order valence-corrected chi connectivity index (χ0v) is 14.6. The van der Waals surface area contributed by atoms with Gasteiger partial charge in [0.05, 0.1) is 0 Å². The number of anilines is 2. The highest BCUT2D eigenvalue weighted by atomic mass is 19.1. The number of aryl methyl sites for hydroxylation is 1. The second-order valence-electron chi connectivity index (χ2n) is 6.21. The first-order valence-electron chi connectivity index (χ1n) is 8.32. The molecule has 0 saturated carbocycles. The number of pyridine rings is 1. The van der Waals surface area contributed by atoms with Gasteiger partial charge < -0.3 is 4.42 Å². The fourth-order valence-electron chi connectivity index (χ4n) is 3.10. The lowest BCUT2D eigenvalue weighted by atomic mass is 10.0. The fourth-order valence-corrected chi connectivity index (χ4v) is 3.10. The number of rotatable bonds is 4. The van der Waals surface area contributed by atoms with Crippen molar-refractivity contribution < 1.29 is 22.4 Å². The highest BCUT2D eigenvalue weighted by Gasteiger charge is 2.19. The molecule has 0 fully saturated rings. The molecule has 0 aliphatic rings. The number of benzene rings is 2. The first-order valence-corrected chi connectivity index (χ1v) is 8.32. The maximum absolute atomic E-state index is 14.0. The Morgan fingerprint density at radius 2 is 1.79 bits per heavy atom. The van der Waals surface area contributed by atoms with Crippen LogP contribution in [0.25, 0.3) is 22.1 Å². The summed E-state index contributed by atoms with van der Waals surface area (Å²) >= 11 is 0. The maximum atomic E-state index is 14.0. The lowest BCUT2D eigenvalue weighted by Gasteiger charge is -2.18. The van der Waals surface area contributed by atoms with Gasteiger partial charge in [-0.15, -0.1) is 0 Å². The Kier molecular flexibility index (Phi) is 4.35. The van der Waals surface area contributed by atoms with Crippen molar-refractivity contribution in [3.8, 4) is 11.1 Å². The number of halogens is 3. The van der Waals surface area contributed by atoms with Crippen molar-refractivity contribution in [2.45, 2.75) is 6.92 Å². The van der Waals surface area contributed by atoms with Crippen LogP contribution in [-0.2, 0) is 4.79 Å². The monoisotopic (exact) mass is 382 g/mol. The molecular formula is C21H13F3N2O2. The summed E-state index contributed by atoms with van der Waals surface area (Å²) < 4.78 is 46.3. The van der Waals surface area contributed by atoms with E-state index in [2.05, 4.69) is 4.98 Å². The quantitative estimate of drug-likeness (QED) is 0.437. The SMILES string of the molecule is Cc1cc2oc(F)cc2cc1-c1ccc(N(C=O)c2c(F)cccc2F)nc1. The van der Waals surface area contributed by atoms with Gasteiger partial charge in [0.1, 0.15) is 28.7 Å². The van der Waals surface area contributed by atoms with Crippen LogP contribution in [0.4, 0.5) is 24.7 Å². The van der Waals surface area contributed by atoms with E-state index in [4.69, 9.17) is 4.42 Å². The Morgan fingerprint density at radius 1 is 1.04 bits per heavy atom. The minimum Gasteiger partial charge on any atom is -0.431 e. The lowest BCUT2D eigenvalue weighted by molar-refractivity contribution is -0.106. The van der Waals surface area contributed by atoms with Gasteiger partial charge in [-0.2, -0.15) is 4.39 Å². The van der Waals surface area contributed by atoms with Crippen molar-refractivity contribution in [3.05, 3.63) is 77.9 Å². The van der Waals surface area contributed by atoms with Crippen LogP contribution in [0.5, 0.6) is 0 Å². The molecule has 0 bridgehead atoms. The Hall–Kier alpha value is -3.61. The molecule has 4 nitrogen and oxygen atoms in total. The highest BCUT2D eigenvalue weighted by molar-refractivity contribution is 5.87. The van der Waals surface area contributed by atoms with E-state index in [1.807, 2.05) is 6.92 Å². The molecule has 2 heterocycles. The summed E-state index contributed by atoms with van der Waals surface area (Å²) in [5.41, 5.74) is 2.27. The van der Waals surface area contributed by atoms with Gasteiger partial charge in [-0.25, -0.2) is 13.8 Å². The summed E-state index contributed by atoms with van der Waals surface area (Å²) in [6.07, 6.45) is 1.78. The minimum absolute atomic E-state index is 0.0656. The molecule has 140 valence electrons. The van der Waals surface area contributed by atoms with Gasteiger partial charge in [-0.05, 0) is 54.4 Å². The summed E-state index contributed by atoms with van der Waals surface area (Å²) in [7, 11) is 0. The molecule has 2 aromatic heterocycles. The first kappa shape index (κ1) is 17.8. The molecular weight excluding hydrogens is 369 g/mol. The normalized spacial score (nSPS) is 11.0. The molecule has 28 heavy (non-hydrogen) atoms. The second kappa shape index (κ2) is 6.84. The Morgan fingerprint density at radius 3 is 2.43 bits per heavy atom. The Balaban J connectivity index is 1.74. The van der Waals surface area contributed by atoms with Crippen LogP contribution in [0.2, 0.25) is 0 Å². The summed E-state index contributed by atoms with van der Waals surface area (Å²) in [5, 5.41) is 0.602. The smallest absolute Gasteiger partial charge is 0.278 e.